The molecule has 2 rings (SSSR count). The van der Waals surface area contributed by atoms with Crippen molar-refractivity contribution in [2.24, 2.45) is 5.92 Å². The van der Waals surface area contributed by atoms with E-state index >= 15 is 0 Å². The van der Waals surface area contributed by atoms with E-state index in [2.05, 4.69) is 5.32 Å². The molecular formula is C20H28Cl3NO8. The van der Waals surface area contributed by atoms with Gasteiger partial charge in [-0.05, 0) is 5.56 Å². The first-order chi connectivity index (χ1) is 15.1. The number of aliphatic hydroxyl groups is 3. The number of alkyl carbamates (subject to hydrolysis) is 1. The van der Waals surface area contributed by atoms with E-state index in [1.54, 1.807) is 0 Å². The quantitative estimate of drug-likeness (QED) is 0.347. The molecule has 1 amide bonds. The smallest absolute Gasteiger partial charge is 0.407 e. The van der Waals surface area contributed by atoms with Gasteiger partial charge in [-0.3, -0.25) is 0 Å². The normalized spacial score (nSPS) is 27.0. The van der Waals surface area contributed by atoms with Crippen LogP contribution >= 0.6 is 34.8 Å². The van der Waals surface area contributed by atoms with Gasteiger partial charge in [0.2, 0.25) is 3.79 Å². The molecule has 1 heterocycles. The monoisotopic (exact) mass is 515 g/mol. The summed E-state index contributed by atoms with van der Waals surface area (Å²) >= 11 is 16.7. The highest BCUT2D eigenvalue weighted by Gasteiger charge is 2.46. The first kappa shape index (κ1) is 27.4. The Kier molecular flexibility index (Phi) is 11.2. The SMILES string of the molecule is CC(COCc1ccccc1)CO[C@@H]1OC(CO)[C@H](O)[C@H](O)C1NC(=O)OCC(Cl)(Cl)Cl. The fourth-order valence-electron chi connectivity index (χ4n) is 2.96. The van der Waals surface area contributed by atoms with Gasteiger partial charge < -0.3 is 39.6 Å². The zero-order valence-corrected chi connectivity index (χ0v) is 19.7. The molecule has 0 radical (unpaired) electrons. The zero-order valence-electron chi connectivity index (χ0n) is 17.4. The molecular weight excluding hydrogens is 489 g/mol. The van der Waals surface area contributed by atoms with E-state index in [1.807, 2.05) is 37.3 Å². The number of hydrogen-bond donors (Lipinski definition) is 4. The van der Waals surface area contributed by atoms with Gasteiger partial charge in [0.1, 0.15) is 31.0 Å². The highest BCUT2D eigenvalue weighted by atomic mass is 35.6. The molecule has 1 fully saturated rings. The largest absolute Gasteiger partial charge is 0.445 e. The van der Waals surface area contributed by atoms with Gasteiger partial charge in [0.15, 0.2) is 6.29 Å². The molecule has 4 N–H and O–H groups in total. The fourth-order valence-corrected chi connectivity index (χ4v) is 3.13. The first-order valence-corrected chi connectivity index (χ1v) is 11.1. The van der Waals surface area contributed by atoms with E-state index in [0.717, 1.165) is 5.56 Å². The Labute approximate surface area is 201 Å². The number of rotatable bonds is 10. The number of carbonyl (C=O) groups is 1. The number of ether oxygens (including phenoxy) is 4. The van der Waals surface area contributed by atoms with Crippen molar-refractivity contribution in [2.45, 2.75) is 48.0 Å². The summed E-state index contributed by atoms with van der Waals surface area (Å²) in [5, 5.41) is 32.3. The van der Waals surface area contributed by atoms with Gasteiger partial charge in [-0.2, -0.15) is 0 Å². The molecule has 6 atom stereocenters. The summed E-state index contributed by atoms with van der Waals surface area (Å²) in [6.07, 6.45) is -6.26. The summed E-state index contributed by atoms with van der Waals surface area (Å²) in [5.41, 5.74) is 1.04. The van der Waals surface area contributed by atoms with Crippen LogP contribution < -0.4 is 5.32 Å². The minimum atomic E-state index is -1.81. The van der Waals surface area contributed by atoms with Gasteiger partial charge in [0.25, 0.3) is 0 Å². The molecule has 1 aromatic carbocycles. The number of alkyl halides is 3. The zero-order chi connectivity index (χ0) is 23.7. The van der Waals surface area contributed by atoms with Crippen LogP contribution in [-0.4, -0.2) is 82.3 Å². The van der Waals surface area contributed by atoms with Crippen LogP contribution in [0.15, 0.2) is 30.3 Å². The molecule has 1 aliphatic heterocycles. The Bertz CT molecular complexity index is 693. The topological polar surface area (TPSA) is 127 Å². The van der Waals surface area contributed by atoms with Gasteiger partial charge in [-0.15, -0.1) is 0 Å². The molecule has 12 heteroatoms. The maximum atomic E-state index is 12.0. The number of amides is 1. The molecule has 1 saturated heterocycles. The molecule has 1 aliphatic rings. The lowest BCUT2D eigenvalue weighted by Gasteiger charge is -2.42. The predicted molar refractivity (Wildman–Crippen MR) is 118 cm³/mol. The molecule has 0 saturated carbocycles. The van der Waals surface area contributed by atoms with Crippen LogP contribution in [0.5, 0.6) is 0 Å². The van der Waals surface area contributed by atoms with Crippen molar-refractivity contribution in [1.29, 1.82) is 0 Å². The van der Waals surface area contributed by atoms with Crippen LogP contribution in [0.2, 0.25) is 0 Å². The van der Waals surface area contributed by atoms with E-state index in [9.17, 15) is 20.1 Å². The Morgan fingerprint density at radius 3 is 2.50 bits per heavy atom. The van der Waals surface area contributed by atoms with E-state index in [-0.39, 0.29) is 12.5 Å². The molecule has 3 unspecified atom stereocenters. The average molecular weight is 517 g/mol. The maximum absolute atomic E-state index is 12.0. The van der Waals surface area contributed by atoms with Crippen molar-refractivity contribution in [3.63, 3.8) is 0 Å². The van der Waals surface area contributed by atoms with Crippen LogP contribution in [0.1, 0.15) is 12.5 Å². The van der Waals surface area contributed by atoms with Crippen LogP contribution in [0.4, 0.5) is 4.79 Å². The molecule has 0 aliphatic carbocycles. The highest BCUT2D eigenvalue weighted by Crippen LogP contribution is 2.26. The third-order valence-electron chi connectivity index (χ3n) is 4.59. The Morgan fingerprint density at radius 1 is 1.19 bits per heavy atom. The maximum Gasteiger partial charge on any atom is 0.407 e. The summed E-state index contributed by atoms with van der Waals surface area (Å²) in [6, 6.07) is 8.48. The van der Waals surface area contributed by atoms with Crippen molar-refractivity contribution < 1.29 is 39.1 Å². The third-order valence-corrected chi connectivity index (χ3v) is 4.92. The summed E-state index contributed by atoms with van der Waals surface area (Å²) in [5.74, 6) is -0.0594. The highest BCUT2D eigenvalue weighted by molar-refractivity contribution is 6.67. The molecule has 0 aromatic heterocycles. The molecule has 0 spiro atoms. The average Bonchev–Trinajstić information content (AvgIpc) is 2.75. The van der Waals surface area contributed by atoms with Crippen LogP contribution in [0.25, 0.3) is 0 Å². The lowest BCUT2D eigenvalue weighted by molar-refractivity contribution is -0.272. The summed E-state index contributed by atoms with van der Waals surface area (Å²) in [4.78, 5) is 12.0. The number of aliphatic hydroxyl groups excluding tert-OH is 3. The number of nitrogens with one attached hydrogen (secondary N) is 1. The van der Waals surface area contributed by atoms with E-state index in [1.165, 1.54) is 0 Å². The molecule has 9 nitrogen and oxygen atoms in total. The number of hydrogen-bond acceptors (Lipinski definition) is 8. The van der Waals surface area contributed by atoms with Crippen molar-refractivity contribution in [1.82, 2.24) is 5.32 Å². The molecule has 1 aromatic rings. The number of benzene rings is 1. The summed E-state index contributed by atoms with van der Waals surface area (Å²) < 4.78 is 19.9. The summed E-state index contributed by atoms with van der Waals surface area (Å²) in [6.45, 7) is 1.79. The van der Waals surface area contributed by atoms with Crippen molar-refractivity contribution in [3.8, 4) is 0 Å². The first-order valence-electron chi connectivity index (χ1n) is 9.96. The van der Waals surface area contributed by atoms with Crippen molar-refractivity contribution in [3.05, 3.63) is 35.9 Å². The van der Waals surface area contributed by atoms with Crippen molar-refractivity contribution in [2.75, 3.05) is 26.4 Å². The summed E-state index contributed by atoms with van der Waals surface area (Å²) in [7, 11) is 0. The molecule has 32 heavy (non-hydrogen) atoms. The predicted octanol–water partition coefficient (Wildman–Crippen LogP) is 1.76. The van der Waals surface area contributed by atoms with Gasteiger partial charge in [0.05, 0.1) is 26.4 Å². The van der Waals surface area contributed by atoms with Gasteiger partial charge >= 0.3 is 6.09 Å². The van der Waals surface area contributed by atoms with Gasteiger partial charge in [-0.1, -0.05) is 72.1 Å². The van der Waals surface area contributed by atoms with E-state index < -0.39 is 53.7 Å². The standard InChI is InChI=1S/C20H28Cl3NO8/c1-12(8-29-10-13-5-3-2-4-6-13)9-30-18-15(17(27)16(26)14(7-25)32-18)24-19(28)31-11-20(21,22)23/h2-6,12,14-18,25-27H,7-11H2,1H3,(H,24,28)/t12?,14?,15?,16-,17+,18+/m0/s1. The van der Waals surface area contributed by atoms with Crippen molar-refractivity contribution >= 4 is 40.9 Å². The van der Waals surface area contributed by atoms with Gasteiger partial charge in [-0.25, -0.2) is 4.79 Å². The number of carbonyl (C=O) groups excluding carboxylic acids is 1. The Hall–Kier alpha value is -0.880. The number of halogens is 3. The lowest BCUT2D eigenvalue weighted by Crippen LogP contribution is -2.65. The minimum Gasteiger partial charge on any atom is -0.445 e. The van der Waals surface area contributed by atoms with E-state index in [0.29, 0.717) is 13.2 Å². The minimum absolute atomic E-state index is 0.0594. The van der Waals surface area contributed by atoms with Gasteiger partial charge in [0, 0.05) is 5.92 Å². The third kappa shape index (κ3) is 9.17. The van der Waals surface area contributed by atoms with Crippen LogP contribution in [0.3, 0.4) is 0 Å². The molecule has 182 valence electrons. The Morgan fingerprint density at radius 2 is 1.88 bits per heavy atom. The second-order valence-electron chi connectivity index (χ2n) is 7.51. The second-order valence-corrected chi connectivity index (χ2v) is 10.0. The second kappa shape index (κ2) is 13.1. The lowest BCUT2D eigenvalue weighted by atomic mass is 9.97. The van der Waals surface area contributed by atoms with E-state index in [4.69, 9.17) is 53.8 Å². The Balaban J connectivity index is 1.89. The fraction of sp³-hybridized carbons (Fsp3) is 0.650. The molecule has 0 bridgehead atoms. The van der Waals surface area contributed by atoms with Crippen LogP contribution in [-0.2, 0) is 25.6 Å². The van der Waals surface area contributed by atoms with Crippen LogP contribution in [0, 0.1) is 5.92 Å².